The minimum atomic E-state index is -0.869. The van der Waals surface area contributed by atoms with Crippen LogP contribution >= 0.6 is 0 Å². The Morgan fingerprint density at radius 3 is 2.56 bits per heavy atom. The van der Waals surface area contributed by atoms with Gasteiger partial charge >= 0.3 is 11.9 Å². The molecule has 2 heterocycles. The van der Waals surface area contributed by atoms with Gasteiger partial charge < -0.3 is 23.7 Å². The van der Waals surface area contributed by atoms with Gasteiger partial charge in [0.05, 0.1) is 32.5 Å². The third kappa shape index (κ3) is 8.24. The number of benzene rings is 2. The zero-order chi connectivity index (χ0) is 29.2. The van der Waals surface area contributed by atoms with Crippen molar-refractivity contribution in [2.24, 2.45) is 10.9 Å². The van der Waals surface area contributed by atoms with E-state index in [1.165, 1.54) is 19.2 Å². The fourth-order valence-corrected chi connectivity index (χ4v) is 5.19. The second kappa shape index (κ2) is 14.9. The maximum atomic E-state index is 14.1. The van der Waals surface area contributed by atoms with Crippen molar-refractivity contribution in [3.63, 3.8) is 0 Å². The Hall–Kier alpha value is -3.56. The van der Waals surface area contributed by atoms with Gasteiger partial charge in [0, 0.05) is 30.4 Å². The molecule has 0 aliphatic carbocycles. The second-order valence-corrected chi connectivity index (χ2v) is 10.2. The highest BCUT2D eigenvalue weighted by Crippen LogP contribution is 2.40. The standard InChI is InChI=1S/C32H38FNO7/c1-21-28(31(35)37-3)30(24-8-6-9-25(33)20-24)29(22(2)34-21)32(36)41-18-7-17-38-26-13-11-23(12-14-26)15-19-40-27-10-4-5-16-39-27/h6,8-9,11-14,20,27-28,30H,4-5,7,10,15-19H2,1-3H3. The fourth-order valence-electron chi connectivity index (χ4n) is 5.19. The van der Waals surface area contributed by atoms with Crippen molar-refractivity contribution in [3.8, 4) is 5.75 Å². The summed E-state index contributed by atoms with van der Waals surface area (Å²) in [5, 5.41) is 0. The van der Waals surface area contributed by atoms with Crippen LogP contribution in [0.15, 0.2) is 64.8 Å². The lowest BCUT2D eigenvalue weighted by molar-refractivity contribution is -0.161. The van der Waals surface area contributed by atoms with Gasteiger partial charge in [-0.05, 0) is 74.9 Å². The number of carbonyl (C=O) groups is 2. The van der Waals surface area contributed by atoms with Gasteiger partial charge in [-0.1, -0.05) is 24.3 Å². The third-order valence-corrected chi connectivity index (χ3v) is 7.26. The van der Waals surface area contributed by atoms with Crippen LogP contribution in [0, 0.1) is 11.7 Å². The highest BCUT2D eigenvalue weighted by molar-refractivity contribution is 6.06. The molecule has 0 bridgehead atoms. The topological polar surface area (TPSA) is 92.7 Å². The highest BCUT2D eigenvalue weighted by atomic mass is 19.1. The summed E-state index contributed by atoms with van der Waals surface area (Å²) in [6, 6.07) is 13.7. The Morgan fingerprint density at radius 2 is 1.85 bits per heavy atom. The first kappa shape index (κ1) is 30.4. The Morgan fingerprint density at radius 1 is 1.05 bits per heavy atom. The van der Waals surface area contributed by atoms with E-state index in [0.29, 0.717) is 36.6 Å². The molecule has 0 aromatic heterocycles. The fraction of sp³-hybridized carbons (Fsp3) is 0.469. The molecule has 9 heteroatoms. The Labute approximate surface area is 240 Å². The summed E-state index contributed by atoms with van der Waals surface area (Å²) in [7, 11) is 1.27. The lowest BCUT2D eigenvalue weighted by atomic mass is 9.75. The van der Waals surface area contributed by atoms with Crippen LogP contribution in [0.4, 0.5) is 4.39 Å². The van der Waals surface area contributed by atoms with E-state index in [1.54, 1.807) is 26.0 Å². The van der Waals surface area contributed by atoms with Crippen LogP contribution in [0.5, 0.6) is 5.75 Å². The summed E-state index contributed by atoms with van der Waals surface area (Å²) in [4.78, 5) is 30.4. The van der Waals surface area contributed by atoms with Gasteiger partial charge in [-0.2, -0.15) is 0 Å². The van der Waals surface area contributed by atoms with E-state index in [9.17, 15) is 14.0 Å². The van der Waals surface area contributed by atoms with Crippen molar-refractivity contribution in [3.05, 3.63) is 76.7 Å². The lowest BCUT2D eigenvalue weighted by Crippen LogP contribution is -2.36. The molecule has 2 aromatic carbocycles. The van der Waals surface area contributed by atoms with Crippen molar-refractivity contribution in [2.75, 3.05) is 33.5 Å². The molecule has 0 saturated carbocycles. The van der Waals surface area contributed by atoms with E-state index < -0.39 is 29.6 Å². The molecule has 2 aliphatic heterocycles. The monoisotopic (exact) mass is 567 g/mol. The molecule has 8 nitrogen and oxygen atoms in total. The first-order valence-corrected chi connectivity index (χ1v) is 14.1. The molecule has 1 saturated heterocycles. The predicted molar refractivity (Wildman–Crippen MR) is 151 cm³/mol. The van der Waals surface area contributed by atoms with E-state index in [4.69, 9.17) is 23.7 Å². The first-order chi connectivity index (χ1) is 19.9. The van der Waals surface area contributed by atoms with Crippen LogP contribution in [0.25, 0.3) is 0 Å². The van der Waals surface area contributed by atoms with Crippen LogP contribution in [-0.4, -0.2) is 57.5 Å². The van der Waals surface area contributed by atoms with Crippen molar-refractivity contribution in [1.82, 2.24) is 0 Å². The smallest absolute Gasteiger partial charge is 0.336 e. The van der Waals surface area contributed by atoms with Crippen molar-refractivity contribution >= 4 is 17.7 Å². The van der Waals surface area contributed by atoms with Crippen molar-refractivity contribution < 1.29 is 37.7 Å². The number of nitrogens with zero attached hydrogens (tertiary/aromatic N) is 1. The van der Waals surface area contributed by atoms with E-state index in [2.05, 4.69) is 4.99 Å². The average molecular weight is 568 g/mol. The lowest BCUT2D eigenvalue weighted by Gasteiger charge is -2.31. The summed E-state index contributed by atoms with van der Waals surface area (Å²) in [6.07, 6.45) is 4.37. The molecule has 0 radical (unpaired) electrons. The molecule has 220 valence electrons. The third-order valence-electron chi connectivity index (χ3n) is 7.26. The van der Waals surface area contributed by atoms with Gasteiger partial charge in [-0.3, -0.25) is 9.79 Å². The predicted octanol–water partition coefficient (Wildman–Crippen LogP) is 5.55. The molecule has 3 atom stereocenters. The number of methoxy groups -OCH3 is 1. The van der Waals surface area contributed by atoms with Gasteiger partial charge in [0.1, 0.15) is 17.5 Å². The number of rotatable bonds is 12. The summed E-state index contributed by atoms with van der Waals surface area (Å²) >= 11 is 0. The average Bonchev–Trinajstić information content (AvgIpc) is 2.97. The molecule has 0 spiro atoms. The van der Waals surface area contributed by atoms with E-state index in [-0.39, 0.29) is 18.5 Å². The van der Waals surface area contributed by atoms with Crippen molar-refractivity contribution in [1.29, 1.82) is 0 Å². The maximum Gasteiger partial charge on any atom is 0.336 e. The van der Waals surface area contributed by atoms with Gasteiger partial charge in [0.25, 0.3) is 0 Å². The molecule has 2 aliphatic rings. The summed E-state index contributed by atoms with van der Waals surface area (Å²) in [5.74, 6) is -2.55. The number of esters is 2. The summed E-state index contributed by atoms with van der Waals surface area (Å²) in [5.41, 5.74) is 2.75. The highest BCUT2D eigenvalue weighted by Gasteiger charge is 2.42. The zero-order valence-electron chi connectivity index (χ0n) is 23.9. The zero-order valence-corrected chi connectivity index (χ0v) is 23.9. The number of aliphatic imine (C=N–C) groups is 1. The second-order valence-electron chi connectivity index (χ2n) is 10.2. The quantitative estimate of drug-likeness (QED) is 0.245. The summed E-state index contributed by atoms with van der Waals surface area (Å²) in [6.45, 7) is 5.22. The maximum absolute atomic E-state index is 14.1. The molecule has 3 unspecified atom stereocenters. The Kier molecular flexibility index (Phi) is 11.0. The number of allylic oxidation sites excluding steroid dienone is 1. The van der Waals surface area contributed by atoms with Gasteiger partial charge in [-0.25, -0.2) is 9.18 Å². The van der Waals surface area contributed by atoms with E-state index >= 15 is 0 Å². The first-order valence-electron chi connectivity index (χ1n) is 14.1. The number of carbonyl (C=O) groups excluding carboxylic acids is 2. The molecular formula is C32H38FNO7. The van der Waals surface area contributed by atoms with Crippen molar-refractivity contribution in [2.45, 2.75) is 58.2 Å². The molecule has 1 fully saturated rings. The van der Waals surface area contributed by atoms with Crippen LogP contribution in [-0.2, 0) is 35.0 Å². The van der Waals surface area contributed by atoms with Crippen LogP contribution < -0.4 is 4.74 Å². The molecule has 0 amide bonds. The minimum absolute atomic E-state index is 0.0860. The number of ether oxygens (including phenoxy) is 5. The largest absolute Gasteiger partial charge is 0.493 e. The normalized spacial score (nSPS) is 20.8. The van der Waals surface area contributed by atoms with Gasteiger partial charge in [0.15, 0.2) is 6.29 Å². The van der Waals surface area contributed by atoms with E-state index in [1.807, 2.05) is 24.3 Å². The molecule has 4 rings (SSSR count). The van der Waals surface area contributed by atoms with Gasteiger partial charge in [0.2, 0.25) is 0 Å². The molecule has 41 heavy (non-hydrogen) atoms. The molecule has 0 N–H and O–H groups in total. The van der Waals surface area contributed by atoms with Crippen LogP contribution in [0.1, 0.15) is 56.6 Å². The Bertz CT molecular complexity index is 1250. The molecular weight excluding hydrogens is 529 g/mol. The molecule has 2 aromatic rings. The summed E-state index contributed by atoms with van der Waals surface area (Å²) < 4.78 is 41.9. The number of halogens is 1. The van der Waals surface area contributed by atoms with Crippen LogP contribution in [0.2, 0.25) is 0 Å². The van der Waals surface area contributed by atoms with E-state index in [0.717, 1.165) is 43.6 Å². The SMILES string of the molecule is COC(=O)C1C(C)=NC(C)=C(C(=O)OCCCOc2ccc(CCOC3CCCCO3)cc2)C1c1cccc(F)c1. The number of hydrogen-bond donors (Lipinski definition) is 0. The van der Waals surface area contributed by atoms with Gasteiger partial charge in [-0.15, -0.1) is 0 Å². The van der Waals surface area contributed by atoms with Crippen LogP contribution in [0.3, 0.4) is 0 Å². The Balaban J connectivity index is 1.28. The minimum Gasteiger partial charge on any atom is -0.493 e. The number of hydrogen-bond acceptors (Lipinski definition) is 8.